The Morgan fingerprint density at radius 1 is 1.00 bits per heavy atom. The Bertz CT molecular complexity index is 1010. The molecule has 0 aliphatic carbocycles. The summed E-state index contributed by atoms with van der Waals surface area (Å²) in [4.78, 5) is 12.8. The van der Waals surface area contributed by atoms with Crippen LogP contribution in [0.1, 0.15) is 27.9 Å². The number of aromatic nitrogens is 1. The third-order valence-electron chi connectivity index (χ3n) is 4.73. The predicted octanol–water partition coefficient (Wildman–Crippen LogP) is 4.20. The maximum Gasteiger partial charge on any atom is 0.273 e. The summed E-state index contributed by atoms with van der Waals surface area (Å²) in [6, 6.07) is 17.6. The van der Waals surface area contributed by atoms with E-state index in [1.165, 1.54) is 0 Å². The number of hydrogen-bond acceptors (Lipinski definition) is 3. The zero-order valence-electron chi connectivity index (χ0n) is 15.5. The van der Waals surface area contributed by atoms with Crippen LogP contribution in [-0.4, -0.2) is 4.57 Å². The van der Waals surface area contributed by atoms with E-state index in [-0.39, 0.29) is 10.6 Å². The van der Waals surface area contributed by atoms with E-state index < -0.39 is 0 Å². The van der Waals surface area contributed by atoms with Gasteiger partial charge in [0.1, 0.15) is 17.4 Å². The molecule has 2 N–H and O–H groups in total. The molecule has 0 bridgehead atoms. The quantitative estimate of drug-likeness (QED) is 0.694. The van der Waals surface area contributed by atoms with Crippen molar-refractivity contribution in [2.45, 2.75) is 33.5 Å². The van der Waals surface area contributed by atoms with Crippen LogP contribution in [0, 0.1) is 13.8 Å². The van der Waals surface area contributed by atoms with Gasteiger partial charge in [0.25, 0.3) is 5.56 Å². The summed E-state index contributed by atoms with van der Waals surface area (Å²) in [6.07, 6.45) is 0. The molecule has 1 heterocycles. The van der Waals surface area contributed by atoms with Crippen molar-refractivity contribution >= 4 is 11.6 Å². The van der Waals surface area contributed by atoms with Gasteiger partial charge in [0.05, 0.1) is 6.54 Å². The van der Waals surface area contributed by atoms with Gasteiger partial charge in [0.15, 0.2) is 0 Å². The minimum absolute atomic E-state index is 0.0967. The molecule has 0 saturated heterocycles. The zero-order chi connectivity index (χ0) is 19.4. The van der Waals surface area contributed by atoms with Crippen LogP contribution in [0.25, 0.3) is 0 Å². The molecule has 0 radical (unpaired) electrons. The molecule has 0 aliphatic heterocycles. The summed E-state index contributed by atoms with van der Waals surface area (Å²) in [6.45, 7) is 5.14. The smallest absolute Gasteiger partial charge is 0.273 e. The minimum atomic E-state index is -0.248. The van der Waals surface area contributed by atoms with E-state index in [1.807, 2.05) is 68.4 Å². The molecule has 1 aromatic heterocycles. The lowest BCUT2D eigenvalue weighted by molar-refractivity contribution is 0.303. The molecule has 0 saturated carbocycles. The van der Waals surface area contributed by atoms with Crippen LogP contribution in [0.15, 0.2) is 59.4 Å². The average Bonchev–Trinajstić information content (AvgIpc) is 2.68. The second kappa shape index (κ2) is 8.42. The number of nitrogens with zero attached hydrogens (tertiary/aromatic N) is 1. The monoisotopic (exact) mass is 382 g/mol. The molecule has 0 fully saturated rings. The van der Waals surface area contributed by atoms with Crippen molar-refractivity contribution in [1.82, 2.24) is 4.57 Å². The largest absolute Gasteiger partial charge is 0.487 e. The van der Waals surface area contributed by atoms with Crippen LogP contribution in [0.5, 0.6) is 5.75 Å². The first kappa shape index (κ1) is 19.2. The highest BCUT2D eigenvalue weighted by atomic mass is 35.5. The number of hydrogen-bond donors (Lipinski definition) is 1. The molecule has 0 spiro atoms. The first-order valence-electron chi connectivity index (χ1n) is 8.85. The van der Waals surface area contributed by atoms with Crippen molar-refractivity contribution in [2.24, 2.45) is 5.73 Å². The van der Waals surface area contributed by atoms with Gasteiger partial charge in [-0.1, -0.05) is 60.1 Å². The van der Waals surface area contributed by atoms with Gasteiger partial charge in [-0.2, -0.15) is 0 Å². The van der Waals surface area contributed by atoms with Crippen molar-refractivity contribution in [1.29, 1.82) is 0 Å². The zero-order valence-corrected chi connectivity index (χ0v) is 16.3. The van der Waals surface area contributed by atoms with Crippen molar-refractivity contribution in [3.05, 3.63) is 97.9 Å². The van der Waals surface area contributed by atoms with E-state index in [1.54, 1.807) is 4.57 Å². The van der Waals surface area contributed by atoms with Crippen molar-refractivity contribution < 1.29 is 4.74 Å². The van der Waals surface area contributed by atoms with Crippen LogP contribution in [0.4, 0.5) is 0 Å². The van der Waals surface area contributed by atoms with E-state index >= 15 is 0 Å². The first-order chi connectivity index (χ1) is 13.0. The predicted molar refractivity (Wildman–Crippen MR) is 109 cm³/mol. The molecule has 3 rings (SSSR count). The number of rotatable bonds is 6. The van der Waals surface area contributed by atoms with Gasteiger partial charge in [0, 0.05) is 18.3 Å². The van der Waals surface area contributed by atoms with Crippen LogP contribution < -0.4 is 16.0 Å². The van der Waals surface area contributed by atoms with E-state index in [4.69, 9.17) is 22.1 Å². The van der Waals surface area contributed by atoms with Crippen LogP contribution in [0.3, 0.4) is 0 Å². The highest BCUT2D eigenvalue weighted by Crippen LogP contribution is 2.24. The molecule has 3 aromatic rings. The van der Waals surface area contributed by atoms with E-state index in [0.717, 1.165) is 27.9 Å². The molecule has 0 atom stereocenters. The summed E-state index contributed by atoms with van der Waals surface area (Å²) >= 11 is 6.33. The number of nitrogens with two attached hydrogens (primary N) is 1. The lowest BCUT2D eigenvalue weighted by Gasteiger charge is -2.16. The SMILES string of the molecule is Cc1ccccc1Cn1c(C)cc(OCc2ccccc2CN)c(Cl)c1=O. The van der Waals surface area contributed by atoms with Gasteiger partial charge in [0.2, 0.25) is 0 Å². The van der Waals surface area contributed by atoms with E-state index in [2.05, 4.69) is 0 Å². The normalized spacial score (nSPS) is 10.8. The molecule has 0 unspecified atom stereocenters. The fraction of sp³-hybridized carbons (Fsp3) is 0.227. The highest BCUT2D eigenvalue weighted by Gasteiger charge is 2.14. The standard InChI is InChI=1S/C22H23ClN2O2/c1-15-7-3-4-9-18(15)13-25-16(2)11-20(21(23)22(25)26)27-14-19-10-6-5-8-17(19)12-24/h3-11H,12-14,24H2,1-2H3. The lowest BCUT2D eigenvalue weighted by atomic mass is 10.1. The van der Waals surface area contributed by atoms with Crippen molar-refractivity contribution in [3.8, 4) is 5.75 Å². The fourth-order valence-electron chi connectivity index (χ4n) is 3.03. The van der Waals surface area contributed by atoms with Gasteiger partial charge in [-0.15, -0.1) is 0 Å². The second-order valence-corrected chi connectivity index (χ2v) is 6.92. The van der Waals surface area contributed by atoms with Gasteiger partial charge in [-0.3, -0.25) is 4.79 Å². The van der Waals surface area contributed by atoms with Gasteiger partial charge in [-0.25, -0.2) is 0 Å². The Hall–Kier alpha value is -2.56. The number of aryl methyl sites for hydroxylation is 2. The maximum absolute atomic E-state index is 12.8. The summed E-state index contributed by atoms with van der Waals surface area (Å²) in [5.74, 6) is 0.395. The van der Waals surface area contributed by atoms with Gasteiger partial charge >= 0.3 is 0 Å². The van der Waals surface area contributed by atoms with Crippen LogP contribution in [-0.2, 0) is 19.7 Å². The third-order valence-corrected chi connectivity index (χ3v) is 5.07. The van der Waals surface area contributed by atoms with Crippen molar-refractivity contribution in [2.75, 3.05) is 0 Å². The summed E-state index contributed by atoms with van der Waals surface area (Å²) in [5.41, 5.74) is 10.5. The fourth-order valence-corrected chi connectivity index (χ4v) is 3.24. The molecule has 27 heavy (non-hydrogen) atoms. The first-order valence-corrected chi connectivity index (χ1v) is 9.23. The molecule has 0 aliphatic rings. The van der Waals surface area contributed by atoms with Gasteiger partial charge < -0.3 is 15.0 Å². The lowest BCUT2D eigenvalue weighted by Crippen LogP contribution is -2.24. The third kappa shape index (κ3) is 4.24. The molecule has 2 aromatic carbocycles. The Kier molecular flexibility index (Phi) is 5.99. The van der Waals surface area contributed by atoms with Crippen LogP contribution in [0.2, 0.25) is 5.02 Å². The Morgan fingerprint density at radius 2 is 1.63 bits per heavy atom. The molecule has 5 heteroatoms. The van der Waals surface area contributed by atoms with Crippen LogP contribution >= 0.6 is 11.6 Å². The van der Waals surface area contributed by atoms with E-state index in [0.29, 0.717) is 25.4 Å². The molecule has 140 valence electrons. The number of ether oxygens (including phenoxy) is 1. The maximum atomic E-state index is 12.8. The molecule has 4 nitrogen and oxygen atoms in total. The average molecular weight is 383 g/mol. The van der Waals surface area contributed by atoms with Gasteiger partial charge in [-0.05, 0) is 36.1 Å². The number of halogens is 1. The molecular weight excluding hydrogens is 360 g/mol. The topological polar surface area (TPSA) is 57.2 Å². The molecular formula is C22H23ClN2O2. The number of pyridine rings is 1. The Balaban J connectivity index is 1.87. The summed E-state index contributed by atoms with van der Waals surface area (Å²) in [5, 5.41) is 0.0967. The highest BCUT2D eigenvalue weighted by molar-refractivity contribution is 6.31. The number of benzene rings is 2. The second-order valence-electron chi connectivity index (χ2n) is 6.54. The Labute approximate surface area is 164 Å². The summed E-state index contributed by atoms with van der Waals surface area (Å²) in [7, 11) is 0. The minimum Gasteiger partial charge on any atom is -0.487 e. The van der Waals surface area contributed by atoms with E-state index in [9.17, 15) is 4.79 Å². The van der Waals surface area contributed by atoms with Crippen molar-refractivity contribution in [3.63, 3.8) is 0 Å². The molecule has 0 amide bonds. The summed E-state index contributed by atoms with van der Waals surface area (Å²) < 4.78 is 7.53. The Morgan fingerprint density at radius 3 is 2.30 bits per heavy atom.